The van der Waals surface area contributed by atoms with Gasteiger partial charge in [0.1, 0.15) is 11.5 Å². The fraction of sp³-hybridized carbons (Fsp3) is 0.400. The SMILES string of the molecule is CC[C@H](Oc1ccccc1CCc1cccc(OC)c1)N(C)C. The van der Waals surface area contributed by atoms with Crippen molar-refractivity contribution < 1.29 is 9.47 Å². The Hall–Kier alpha value is -2.00. The van der Waals surface area contributed by atoms with E-state index in [1.165, 1.54) is 11.1 Å². The largest absolute Gasteiger partial charge is 0.497 e. The minimum absolute atomic E-state index is 0.105. The summed E-state index contributed by atoms with van der Waals surface area (Å²) in [5.41, 5.74) is 2.52. The smallest absolute Gasteiger partial charge is 0.151 e. The Morgan fingerprint density at radius 1 is 1.00 bits per heavy atom. The van der Waals surface area contributed by atoms with Crippen molar-refractivity contribution in [3.05, 3.63) is 59.7 Å². The number of rotatable bonds is 8. The van der Waals surface area contributed by atoms with E-state index in [0.717, 1.165) is 30.8 Å². The highest BCUT2D eigenvalue weighted by Gasteiger charge is 2.12. The van der Waals surface area contributed by atoms with Crippen LogP contribution in [0.5, 0.6) is 11.5 Å². The van der Waals surface area contributed by atoms with E-state index in [1.807, 2.05) is 32.3 Å². The van der Waals surface area contributed by atoms with Crippen LogP contribution < -0.4 is 9.47 Å². The first kappa shape index (κ1) is 17.4. The quantitative estimate of drug-likeness (QED) is 0.683. The highest BCUT2D eigenvalue weighted by molar-refractivity contribution is 5.35. The fourth-order valence-electron chi connectivity index (χ4n) is 2.63. The van der Waals surface area contributed by atoms with Crippen LogP contribution in [0.3, 0.4) is 0 Å². The first-order valence-corrected chi connectivity index (χ1v) is 8.18. The zero-order chi connectivity index (χ0) is 16.7. The Bertz CT molecular complexity index is 610. The molecule has 3 heteroatoms. The summed E-state index contributed by atoms with van der Waals surface area (Å²) >= 11 is 0. The fourth-order valence-corrected chi connectivity index (χ4v) is 2.63. The van der Waals surface area contributed by atoms with Gasteiger partial charge in [-0.25, -0.2) is 0 Å². The first-order chi connectivity index (χ1) is 11.1. The van der Waals surface area contributed by atoms with Gasteiger partial charge >= 0.3 is 0 Å². The number of methoxy groups -OCH3 is 1. The molecule has 124 valence electrons. The predicted octanol–water partition coefficient (Wildman–Crippen LogP) is 4.16. The molecule has 23 heavy (non-hydrogen) atoms. The highest BCUT2D eigenvalue weighted by atomic mass is 16.5. The van der Waals surface area contributed by atoms with Crippen molar-refractivity contribution in [2.45, 2.75) is 32.4 Å². The normalized spacial score (nSPS) is 12.2. The number of ether oxygens (including phenoxy) is 2. The van der Waals surface area contributed by atoms with Crippen molar-refractivity contribution in [2.24, 2.45) is 0 Å². The van der Waals surface area contributed by atoms with Crippen LogP contribution in [0.2, 0.25) is 0 Å². The van der Waals surface area contributed by atoms with Gasteiger partial charge in [0.15, 0.2) is 6.23 Å². The Balaban J connectivity index is 2.07. The molecule has 0 amide bonds. The molecule has 0 spiro atoms. The summed E-state index contributed by atoms with van der Waals surface area (Å²) in [4.78, 5) is 2.11. The number of para-hydroxylation sites is 1. The maximum Gasteiger partial charge on any atom is 0.151 e. The van der Waals surface area contributed by atoms with Crippen molar-refractivity contribution in [3.63, 3.8) is 0 Å². The van der Waals surface area contributed by atoms with E-state index < -0.39 is 0 Å². The lowest BCUT2D eigenvalue weighted by Crippen LogP contribution is -2.32. The van der Waals surface area contributed by atoms with Gasteiger partial charge in [-0.2, -0.15) is 0 Å². The van der Waals surface area contributed by atoms with E-state index in [4.69, 9.17) is 9.47 Å². The van der Waals surface area contributed by atoms with Crippen molar-refractivity contribution in [1.82, 2.24) is 4.90 Å². The molecule has 0 fully saturated rings. The molecule has 2 aromatic rings. The molecule has 0 aliphatic heterocycles. The van der Waals surface area contributed by atoms with Gasteiger partial charge in [0.05, 0.1) is 7.11 Å². The van der Waals surface area contributed by atoms with Crippen LogP contribution in [-0.4, -0.2) is 32.3 Å². The van der Waals surface area contributed by atoms with Crippen LogP contribution in [0.25, 0.3) is 0 Å². The maximum absolute atomic E-state index is 6.19. The molecule has 0 aliphatic carbocycles. The van der Waals surface area contributed by atoms with Crippen molar-refractivity contribution in [1.29, 1.82) is 0 Å². The molecule has 0 N–H and O–H groups in total. The van der Waals surface area contributed by atoms with E-state index in [9.17, 15) is 0 Å². The standard InChI is InChI=1S/C20H27NO2/c1-5-20(21(2)3)23-19-12-7-6-10-17(19)14-13-16-9-8-11-18(15-16)22-4/h6-12,15,20H,5,13-14H2,1-4H3/t20-/m0/s1. The third-order valence-corrected chi connectivity index (χ3v) is 3.98. The van der Waals surface area contributed by atoms with Gasteiger partial charge in [0.2, 0.25) is 0 Å². The third-order valence-electron chi connectivity index (χ3n) is 3.98. The Morgan fingerprint density at radius 2 is 1.78 bits per heavy atom. The van der Waals surface area contributed by atoms with Crippen molar-refractivity contribution in [3.8, 4) is 11.5 Å². The summed E-state index contributed by atoms with van der Waals surface area (Å²) < 4.78 is 11.5. The molecule has 0 heterocycles. The first-order valence-electron chi connectivity index (χ1n) is 8.18. The van der Waals surface area contributed by atoms with Gasteiger partial charge in [0, 0.05) is 0 Å². The highest BCUT2D eigenvalue weighted by Crippen LogP contribution is 2.23. The summed E-state index contributed by atoms with van der Waals surface area (Å²) in [6.45, 7) is 2.14. The minimum atomic E-state index is 0.105. The van der Waals surface area contributed by atoms with Gasteiger partial charge in [0.25, 0.3) is 0 Å². The number of hydrogen-bond acceptors (Lipinski definition) is 3. The second-order valence-electron chi connectivity index (χ2n) is 5.90. The second-order valence-corrected chi connectivity index (χ2v) is 5.90. The molecule has 0 aromatic heterocycles. The third kappa shape index (κ3) is 5.00. The van der Waals surface area contributed by atoms with Gasteiger partial charge in [-0.1, -0.05) is 37.3 Å². The van der Waals surface area contributed by atoms with Gasteiger partial charge in [-0.05, 0) is 62.7 Å². The van der Waals surface area contributed by atoms with Crippen molar-refractivity contribution >= 4 is 0 Å². The maximum atomic E-state index is 6.19. The van der Waals surface area contributed by atoms with Crippen LogP contribution in [0, 0.1) is 0 Å². The van der Waals surface area contributed by atoms with Crippen LogP contribution in [0.4, 0.5) is 0 Å². The summed E-state index contributed by atoms with van der Waals surface area (Å²) in [6, 6.07) is 16.6. The number of aryl methyl sites for hydroxylation is 2. The number of nitrogens with zero attached hydrogens (tertiary/aromatic N) is 1. The molecule has 2 rings (SSSR count). The lowest BCUT2D eigenvalue weighted by atomic mass is 10.0. The topological polar surface area (TPSA) is 21.7 Å². The Morgan fingerprint density at radius 3 is 2.48 bits per heavy atom. The van der Waals surface area contributed by atoms with Crippen LogP contribution >= 0.6 is 0 Å². The molecular weight excluding hydrogens is 286 g/mol. The van der Waals surface area contributed by atoms with E-state index in [2.05, 4.69) is 42.2 Å². The molecule has 1 atom stereocenters. The average molecular weight is 313 g/mol. The number of hydrogen-bond donors (Lipinski definition) is 0. The lowest BCUT2D eigenvalue weighted by molar-refractivity contribution is 0.0603. The summed E-state index contributed by atoms with van der Waals surface area (Å²) in [7, 11) is 5.80. The summed E-state index contributed by atoms with van der Waals surface area (Å²) in [6.07, 6.45) is 2.98. The molecule has 0 radical (unpaired) electrons. The lowest BCUT2D eigenvalue weighted by Gasteiger charge is -2.25. The Labute approximate surface area is 139 Å². The monoisotopic (exact) mass is 313 g/mol. The van der Waals surface area contributed by atoms with Gasteiger partial charge in [-0.15, -0.1) is 0 Å². The van der Waals surface area contributed by atoms with Crippen molar-refractivity contribution in [2.75, 3.05) is 21.2 Å². The number of benzene rings is 2. The summed E-state index contributed by atoms with van der Waals surface area (Å²) in [5, 5.41) is 0. The molecular formula is C20H27NO2. The minimum Gasteiger partial charge on any atom is -0.497 e. The van der Waals surface area contributed by atoms with Crippen LogP contribution in [-0.2, 0) is 12.8 Å². The van der Waals surface area contributed by atoms with E-state index >= 15 is 0 Å². The average Bonchev–Trinajstić information content (AvgIpc) is 2.58. The zero-order valence-corrected chi connectivity index (χ0v) is 14.6. The van der Waals surface area contributed by atoms with Crippen LogP contribution in [0.1, 0.15) is 24.5 Å². The molecule has 0 saturated heterocycles. The van der Waals surface area contributed by atoms with Gasteiger partial charge in [-0.3, -0.25) is 4.90 Å². The molecule has 0 saturated carbocycles. The van der Waals surface area contributed by atoms with E-state index in [-0.39, 0.29) is 6.23 Å². The predicted molar refractivity (Wildman–Crippen MR) is 95.2 cm³/mol. The zero-order valence-electron chi connectivity index (χ0n) is 14.6. The Kier molecular flexibility index (Phi) is 6.48. The van der Waals surface area contributed by atoms with E-state index in [0.29, 0.717) is 0 Å². The molecule has 0 unspecified atom stereocenters. The van der Waals surface area contributed by atoms with E-state index in [1.54, 1.807) is 7.11 Å². The second kappa shape index (κ2) is 8.59. The summed E-state index contributed by atoms with van der Waals surface area (Å²) in [5.74, 6) is 1.89. The molecule has 0 aliphatic rings. The van der Waals surface area contributed by atoms with Gasteiger partial charge < -0.3 is 9.47 Å². The molecule has 3 nitrogen and oxygen atoms in total. The van der Waals surface area contributed by atoms with Crippen LogP contribution in [0.15, 0.2) is 48.5 Å². The molecule has 2 aromatic carbocycles. The molecule has 0 bridgehead atoms.